The molecule has 1 aliphatic heterocycles. The third-order valence-corrected chi connectivity index (χ3v) is 5.88. The number of hydrogen-bond donors (Lipinski definition) is 0. The van der Waals surface area contributed by atoms with Gasteiger partial charge in [0, 0.05) is 39.3 Å². The molecule has 0 bridgehead atoms. The summed E-state index contributed by atoms with van der Waals surface area (Å²) in [4.78, 5) is 0. The predicted octanol–water partition coefficient (Wildman–Crippen LogP) is 2.21. The second-order valence-corrected chi connectivity index (χ2v) is 5.73. The molecule has 1 rings (SSSR count). The van der Waals surface area contributed by atoms with Crippen molar-refractivity contribution in [1.29, 1.82) is 0 Å². The van der Waals surface area contributed by atoms with E-state index in [1.54, 1.807) is 0 Å². The van der Waals surface area contributed by atoms with Gasteiger partial charge in [-0.05, 0) is 0 Å². The Morgan fingerprint density at radius 3 is 1.64 bits per heavy atom. The van der Waals surface area contributed by atoms with Gasteiger partial charge in [0.1, 0.15) is 8.37 Å². The summed E-state index contributed by atoms with van der Waals surface area (Å²) in [5, 5.41) is 0. The van der Waals surface area contributed by atoms with Gasteiger partial charge in [-0.1, -0.05) is 27.7 Å². The molecule has 1 aliphatic rings. The highest BCUT2D eigenvalue weighted by atomic mass is 31.2. The topological polar surface area (TPSA) is 9.72 Å². The average molecular weight is 217 g/mol. The van der Waals surface area contributed by atoms with E-state index in [9.17, 15) is 0 Å². The van der Waals surface area contributed by atoms with Gasteiger partial charge in [-0.3, -0.25) is 14.0 Å². The maximum atomic E-state index is 2.63. The van der Waals surface area contributed by atoms with Crippen molar-refractivity contribution in [2.75, 3.05) is 39.3 Å². The van der Waals surface area contributed by atoms with Crippen LogP contribution in [0.3, 0.4) is 0 Å². The van der Waals surface area contributed by atoms with Crippen LogP contribution in [0.4, 0.5) is 0 Å². The van der Waals surface area contributed by atoms with Gasteiger partial charge in [-0.25, -0.2) is 0 Å². The summed E-state index contributed by atoms with van der Waals surface area (Å²) in [5.74, 6) is 0. The smallest absolute Gasteiger partial charge is 0.120 e. The monoisotopic (exact) mass is 217 g/mol. The molecule has 0 atom stereocenters. The Morgan fingerprint density at radius 2 is 1.36 bits per heavy atom. The van der Waals surface area contributed by atoms with Crippen LogP contribution in [0.15, 0.2) is 0 Å². The zero-order valence-electron chi connectivity index (χ0n) is 10.0. The Labute approximate surface area is 90.0 Å². The predicted molar refractivity (Wildman–Crippen MR) is 64.3 cm³/mol. The first-order valence-electron chi connectivity index (χ1n) is 5.83. The molecule has 84 valence electrons. The van der Waals surface area contributed by atoms with Gasteiger partial charge in [-0.2, -0.15) is 0 Å². The van der Waals surface area contributed by atoms with Gasteiger partial charge < -0.3 is 0 Å². The Bertz CT molecular complexity index is 149. The Morgan fingerprint density at radius 1 is 0.929 bits per heavy atom. The molecule has 1 heterocycles. The van der Waals surface area contributed by atoms with Crippen LogP contribution in [-0.2, 0) is 0 Å². The second-order valence-electron chi connectivity index (χ2n) is 3.50. The van der Waals surface area contributed by atoms with E-state index in [2.05, 4.69) is 41.7 Å². The standard InChI is InChI=1S/C10H24N3P/c1-5-11(6-2)14-12(7-3)9-10-13(14)8-4/h5-10H2,1-4H3. The minimum atomic E-state index is -0.136. The maximum Gasteiger partial charge on any atom is 0.120 e. The largest absolute Gasteiger partial charge is 0.258 e. The Balaban J connectivity index is 2.66. The Kier molecular flexibility index (Phi) is 5.32. The fourth-order valence-electron chi connectivity index (χ4n) is 1.99. The van der Waals surface area contributed by atoms with E-state index in [4.69, 9.17) is 0 Å². The summed E-state index contributed by atoms with van der Waals surface area (Å²) in [6.07, 6.45) is 0. The molecule has 1 fully saturated rings. The van der Waals surface area contributed by atoms with Crippen LogP contribution in [0.25, 0.3) is 0 Å². The van der Waals surface area contributed by atoms with Crippen molar-refractivity contribution in [2.45, 2.75) is 27.7 Å². The number of rotatable bonds is 5. The highest BCUT2D eigenvalue weighted by molar-refractivity contribution is 7.50. The van der Waals surface area contributed by atoms with Crippen LogP contribution in [-0.4, -0.2) is 53.3 Å². The third kappa shape index (κ3) is 2.46. The Hall–Kier alpha value is 0.310. The van der Waals surface area contributed by atoms with Crippen LogP contribution >= 0.6 is 8.37 Å². The zero-order chi connectivity index (χ0) is 10.6. The molecule has 0 aliphatic carbocycles. The molecule has 0 unspecified atom stereocenters. The molecular formula is C10H24N3P. The lowest BCUT2D eigenvalue weighted by Gasteiger charge is -2.36. The summed E-state index contributed by atoms with van der Waals surface area (Å²) in [5.41, 5.74) is 0. The summed E-state index contributed by atoms with van der Waals surface area (Å²) in [6.45, 7) is 16.3. The van der Waals surface area contributed by atoms with Gasteiger partial charge in [-0.15, -0.1) is 0 Å². The van der Waals surface area contributed by atoms with Crippen molar-refractivity contribution in [2.24, 2.45) is 0 Å². The van der Waals surface area contributed by atoms with E-state index in [1.165, 1.54) is 39.3 Å². The molecule has 0 radical (unpaired) electrons. The number of nitrogens with zero attached hydrogens (tertiary/aromatic N) is 3. The molecule has 1 saturated heterocycles. The van der Waals surface area contributed by atoms with Crippen LogP contribution in [0.2, 0.25) is 0 Å². The molecule has 14 heavy (non-hydrogen) atoms. The van der Waals surface area contributed by atoms with Crippen LogP contribution in [0, 0.1) is 0 Å². The minimum absolute atomic E-state index is 0.136. The summed E-state index contributed by atoms with van der Waals surface area (Å²) in [7, 11) is -0.136. The van der Waals surface area contributed by atoms with Gasteiger partial charge in [0.2, 0.25) is 0 Å². The van der Waals surface area contributed by atoms with E-state index in [-0.39, 0.29) is 8.37 Å². The van der Waals surface area contributed by atoms with Gasteiger partial charge in [0.25, 0.3) is 0 Å². The van der Waals surface area contributed by atoms with Gasteiger partial charge >= 0.3 is 0 Å². The lowest BCUT2D eigenvalue weighted by molar-refractivity contribution is 0.425. The highest BCUT2D eigenvalue weighted by Gasteiger charge is 2.33. The molecule has 0 aromatic rings. The fourth-order valence-corrected chi connectivity index (χ4v) is 4.61. The minimum Gasteiger partial charge on any atom is -0.258 e. The number of hydrogen-bond acceptors (Lipinski definition) is 3. The van der Waals surface area contributed by atoms with Crippen molar-refractivity contribution in [1.82, 2.24) is 14.0 Å². The summed E-state index contributed by atoms with van der Waals surface area (Å²) < 4.78 is 7.87. The molecule has 4 heteroatoms. The maximum absolute atomic E-state index is 2.63. The zero-order valence-corrected chi connectivity index (χ0v) is 10.9. The van der Waals surface area contributed by atoms with E-state index in [0.29, 0.717) is 0 Å². The van der Waals surface area contributed by atoms with Crippen LogP contribution in [0.5, 0.6) is 0 Å². The van der Waals surface area contributed by atoms with Gasteiger partial charge in [0.15, 0.2) is 0 Å². The van der Waals surface area contributed by atoms with Crippen molar-refractivity contribution in [3.63, 3.8) is 0 Å². The first-order valence-corrected chi connectivity index (χ1v) is 7.03. The summed E-state index contributed by atoms with van der Waals surface area (Å²) >= 11 is 0. The van der Waals surface area contributed by atoms with Crippen LogP contribution in [0.1, 0.15) is 27.7 Å². The van der Waals surface area contributed by atoms with Crippen molar-refractivity contribution in [3.8, 4) is 0 Å². The second kappa shape index (κ2) is 6.02. The SMILES string of the molecule is CCN(CC)P1N(CC)CCN1CC. The number of likely N-dealkylation sites (N-methyl/N-ethyl adjacent to an activating group) is 2. The summed E-state index contributed by atoms with van der Waals surface area (Å²) in [6, 6.07) is 0. The van der Waals surface area contributed by atoms with Gasteiger partial charge in [0.05, 0.1) is 0 Å². The molecule has 0 aromatic carbocycles. The third-order valence-electron chi connectivity index (χ3n) is 2.84. The fraction of sp³-hybridized carbons (Fsp3) is 1.00. The molecule has 0 N–H and O–H groups in total. The molecule has 3 nitrogen and oxygen atoms in total. The first-order chi connectivity index (χ1) is 6.78. The van der Waals surface area contributed by atoms with Crippen LogP contribution < -0.4 is 0 Å². The highest BCUT2D eigenvalue weighted by Crippen LogP contribution is 2.50. The molecule has 0 aromatic heterocycles. The van der Waals surface area contributed by atoms with E-state index in [0.717, 1.165) is 0 Å². The lowest BCUT2D eigenvalue weighted by atomic mass is 10.6. The molecule has 0 saturated carbocycles. The molecular weight excluding hydrogens is 193 g/mol. The lowest BCUT2D eigenvalue weighted by Crippen LogP contribution is -2.29. The normalized spacial score (nSPS) is 21.2. The van der Waals surface area contributed by atoms with Crippen molar-refractivity contribution in [3.05, 3.63) is 0 Å². The van der Waals surface area contributed by atoms with E-state index < -0.39 is 0 Å². The first kappa shape index (κ1) is 12.4. The van der Waals surface area contributed by atoms with E-state index in [1.807, 2.05) is 0 Å². The molecule has 0 spiro atoms. The molecule has 0 amide bonds. The van der Waals surface area contributed by atoms with Crippen molar-refractivity contribution < 1.29 is 0 Å². The van der Waals surface area contributed by atoms with Crippen molar-refractivity contribution >= 4 is 8.37 Å². The quantitative estimate of drug-likeness (QED) is 0.654. The van der Waals surface area contributed by atoms with E-state index >= 15 is 0 Å². The average Bonchev–Trinajstić information content (AvgIpc) is 2.63.